The van der Waals surface area contributed by atoms with E-state index in [0.29, 0.717) is 18.0 Å². The van der Waals surface area contributed by atoms with Gasteiger partial charge in [-0.25, -0.2) is 8.42 Å². The third-order valence-electron chi connectivity index (χ3n) is 2.65. The highest BCUT2D eigenvalue weighted by molar-refractivity contribution is 9.09. The molecular formula is C12H18BrNO2S. The van der Waals surface area contributed by atoms with Gasteiger partial charge in [0.15, 0.2) is 0 Å². The number of sulfonamides is 1. The van der Waals surface area contributed by atoms with Crippen molar-refractivity contribution < 1.29 is 8.42 Å². The molecular weight excluding hydrogens is 302 g/mol. The van der Waals surface area contributed by atoms with Crippen molar-refractivity contribution in [3.05, 3.63) is 29.8 Å². The van der Waals surface area contributed by atoms with Gasteiger partial charge in [-0.15, -0.1) is 0 Å². The highest BCUT2D eigenvalue weighted by Gasteiger charge is 2.20. The van der Waals surface area contributed by atoms with Crippen LogP contribution in [0.4, 0.5) is 0 Å². The molecule has 3 nitrogen and oxygen atoms in total. The Balaban J connectivity index is 2.99. The van der Waals surface area contributed by atoms with E-state index in [1.165, 1.54) is 4.31 Å². The smallest absolute Gasteiger partial charge is 0.207 e. The van der Waals surface area contributed by atoms with Gasteiger partial charge in [0.1, 0.15) is 0 Å². The third-order valence-corrected chi connectivity index (χ3v) is 5.11. The monoisotopic (exact) mass is 319 g/mol. The van der Waals surface area contributed by atoms with Gasteiger partial charge in [0, 0.05) is 18.4 Å². The number of rotatable bonds is 6. The molecule has 0 aromatic heterocycles. The van der Waals surface area contributed by atoms with Crippen LogP contribution >= 0.6 is 15.9 Å². The summed E-state index contributed by atoms with van der Waals surface area (Å²) in [5.74, 6) is 0. The van der Waals surface area contributed by atoms with E-state index in [-0.39, 0.29) is 0 Å². The first kappa shape index (κ1) is 14.7. The predicted molar refractivity (Wildman–Crippen MR) is 74.0 cm³/mol. The second-order valence-corrected chi connectivity index (χ2v) is 6.40. The molecule has 0 atom stereocenters. The Kier molecular flexibility index (Phi) is 5.62. The van der Waals surface area contributed by atoms with Crippen molar-refractivity contribution in [1.82, 2.24) is 4.31 Å². The number of benzene rings is 1. The first-order valence-corrected chi connectivity index (χ1v) is 8.27. The number of hydrogen-bond donors (Lipinski definition) is 0. The van der Waals surface area contributed by atoms with E-state index < -0.39 is 10.0 Å². The maximum absolute atomic E-state index is 12.2. The van der Waals surface area contributed by atoms with E-state index in [4.69, 9.17) is 0 Å². The molecule has 1 aromatic rings. The molecule has 5 heteroatoms. The predicted octanol–water partition coefficient (Wildman–Crippen LogP) is 2.65. The lowest BCUT2D eigenvalue weighted by Gasteiger charge is -2.18. The van der Waals surface area contributed by atoms with Crippen LogP contribution in [0.1, 0.15) is 19.4 Å². The Morgan fingerprint density at radius 1 is 1.12 bits per heavy atom. The van der Waals surface area contributed by atoms with Crippen molar-refractivity contribution in [2.24, 2.45) is 0 Å². The zero-order valence-electron chi connectivity index (χ0n) is 10.2. The van der Waals surface area contributed by atoms with Gasteiger partial charge >= 0.3 is 0 Å². The van der Waals surface area contributed by atoms with Gasteiger partial charge in [-0.2, -0.15) is 4.31 Å². The minimum Gasteiger partial charge on any atom is -0.207 e. The van der Waals surface area contributed by atoms with E-state index in [9.17, 15) is 8.42 Å². The number of halogens is 1. The molecule has 1 rings (SSSR count). The molecule has 0 radical (unpaired) electrons. The normalized spacial score (nSPS) is 12.0. The zero-order chi connectivity index (χ0) is 12.9. The van der Waals surface area contributed by atoms with E-state index in [1.54, 1.807) is 12.1 Å². The summed E-state index contributed by atoms with van der Waals surface area (Å²) in [6.45, 7) is 4.70. The van der Waals surface area contributed by atoms with Gasteiger partial charge in [0.2, 0.25) is 10.0 Å². The van der Waals surface area contributed by atoms with Crippen LogP contribution in [-0.4, -0.2) is 31.1 Å². The van der Waals surface area contributed by atoms with Crippen molar-refractivity contribution in [2.45, 2.75) is 25.2 Å². The Morgan fingerprint density at radius 3 is 2.06 bits per heavy atom. The minimum absolute atomic E-state index is 0.375. The van der Waals surface area contributed by atoms with E-state index in [2.05, 4.69) is 15.9 Å². The maximum Gasteiger partial charge on any atom is 0.243 e. The summed E-state index contributed by atoms with van der Waals surface area (Å²) in [5.41, 5.74) is 1.14. The lowest BCUT2D eigenvalue weighted by molar-refractivity contribution is 0.445. The van der Waals surface area contributed by atoms with Crippen LogP contribution in [0.5, 0.6) is 0 Å². The van der Waals surface area contributed by atoms with Gasteiger partial charge in [-0.1, -0.05) is 41.9 Å². The molecule has 0 saturated heterocycles. The first-order valence-electron chi connectivity index (χ1n) is 5.71. The van der Waals surface area contributed by atoms with E-state index >= 15 is 0 Å². The first-order chi connectivity index (χ1) is 8.06. The average molecular weight is 320 g/mol. The van der Waals surface area contributed by atoms with Crippen molar-refractivity contribution >= 4 is 26.0 Å². The fourth-order valence-electron chi connectivity index (χ4n) is 1.65. The number of alkyl halides is 1. The average Bonchev–Trinajstić information content (AvgIpc) is 2.31. The van der Waals surface area contributed by atoms with Crippen LogP contribution in [-0.2, 0) is 16.4 Å². The molecule has 96 valence electrons. The molecule has 0 heterocycles. The van der Waals surface area contributed by atoms with Gasteiger partial charge in [-0.3, -0.25) is 0 Å². The summed E-state index contributed by atoms with van der Waals surface area (Å²) < 4.78 is 25.8. The highest BCUT2D eigenvalue weighted by Crippen LogP contribution is 2.16. The fraction of sp³-hybridized carbons (Fsp3) is 0.500. The molecule has 0 amide bonds. The number of hydrogen-bond acceptors (Lipinski definition) is 2. The van der Waals surface area contributed by atoms with Crippen LogP contribution in [0.15, 0.2) is 29.2 Å². The largest absolute Gasteiger partial charge is 0.243 e. The SMILES string of the molecule is CCN(CC)S(=O)(=O)c1ccc(CCBr)cc1. The molecule has 0 aliphatic rings. The van der Waals surface area contributed by atoms with Crippen molar-refractivity contribution in [1.29, 1.82) is 0 Å². The molecule has 0 bridgehead atoms. The molecule has 0 spiro atoms. The quantitative estimate of drug-likeness (QED) is 0.756. The summed E-state index contributed by atoms with van der Waals surface area (Å²) >= 11 is 3.36. The van der Waals surface area contributed by atoms with Gasteiger partial charge in [-0.05, 0) is 24.1 Å². The molecule has 1 aromatic carbocycles. The maximum atomic E-state index is 12.2. The summed E-state index contributed by atoms with van der Waals surface area (Å²) in [7, 11) is -3.31. The second kappa shape index (κ2) is 6.52. The Hall–Kier alpha value is -0.390. The zero-order valence-corrected chi connectivity index (χ0v) is 12.6. The Morgan fingerprint density at radius 2 is 1.65 bits per heavy atom. The van der Waals surface area contributed by atoms with Crippen molar-refractivity contribution in [3.8, 4) is 0 Å². The van der Waals surface area contributed by atoms with Crippen LogP contribution in [0.25, 0.3) is 0 Å². The summed E-state index contributed by atoms with van der Waals surface area (Å²) in [4.78, 5) is 0.375. The second-order valence-electron chi connectivity index (χ2n) is 3.67. The molecule has 0 unspecified atom stereocenters. The van der Waals surface area contributed by atoms with Crippen molar-refractivity contribution in [3.63, 3.8) is 0 Å². The standard InChI is InChI=1S/C12H18BrNO2S/c1-3-14(4-2)17(15,16)12-7-5-11(6-8-12)9-10-13/h5-8H,3-4,9-10H2,1-2H3. The summed E-state index contributed by atoms with van der Waals surface area (Å²) in [6.07, 6.45) is 0.908. The highest BCUT2D eigenvalue weighted by atomic mass is 79.9. The number of nitrogens with zero attached hydrogens (tertiary/aromatic N) is 1. The lowest BCUT2D eigenvalue weighted by atomic mass is 10.2. The molecule has 17 heavy (non-hydrogen) atoms. The molecule has 0 saturated carbocycles. The Labute approximate surface area is 112 Å². The van der Waals surface area contributed by atoms with Crippen molar-refractivity contribution in [2.75, 3.05) is 18.4 Å². The summed E-state index contributed by atoms with van der Waals surface area (Å²) in [5, 5.41) is 0.884. The van der Waals surface area contributed by atoms with Crippen LogP contribution in [0.3, 0.4) is 0 Å². The van der Waals surface area contributed by atoms with Crippen LogP contribution in [0, 0.1) is 0 Å². The lowest BCUT2D eigenvalue weighted by Crippen LogP contribution is -2.30. The number of aryl methyl sites for hydroxylation is 1. The topological polar surface area (TPSA) is 37.4 Å². The molecule has 0 fully saturated rings. The van der Waals surface area contributed by atoms with Gasteiger partial charge in [0.25, 0.3) is 0 Å². The molecule has 0 N–H and O–H groups in total. The Bertz CT molecular complexity index is 438. The van der Waals surface area contributed by atoms with Gasteiger partial charge < -0.3 is 0 Å². The van der Waals surface area contributed by atoms with Crippen LogP contribution < -0.4 is 0 Å². The van der Waals surface area contributed by atoms with Gasteiger partial charge in [0.05, 0.1) is 4.90 Å². The molecule has 0 aliphatic heterocycles. The summed E-state index contributed by atoms with van der Waals surface area (Å²) in [6, 6.07) is 7.12. The van der Waals surface area contributed by atoms with E-state index in [0.717, 1.165) is 17.3 Å². The van der Waals surface area contributed by atoms with E-state index in [1.807, 2.05) is 26.0 Å². The fourth-order valence-corrected chi connectivity index (χ4v) is 3.57. The van der Waals surface area contributed by atoms with Crippen LogP contribution in [0.2, 0.25) is 0 Å². The third kappa shape index (κ3) is 3.53. The molecule has 0 aliphatic carbocycles. The minimum atomic E-state index is -3.31.